The summed E-state index contributed by atoms with van der Waals surface area (Å²) in [5.41, 5.74) is 0.916. The van der Waals surface area contributed by atoms with Gasteiger partial charge in [0.1, 0.15) is 0 Å². The Kier molecular flexibility index (Phi) is 7.13. The lowest BCUT2D eigenvalue weighted by atomic mass is 10.1. The van der Waals surface area contributed by atoms with E-state index < -0.39 is 0 Å². The molecule has 1 aliphatic heterocycles. The molecule has 0 atom stereocenters. The number of rotatable bonds is 6. The Morgan fingerprint density at radius 2 is 1.79 bits per heavy atom. The van der Waals surface area contributed by atoms with Crippen LogP contribution >= 0.6 is 23.4 Å². The minimum absolute atomic E-state index is 0.154. The van der Waals surface area contributed by atoms with E-state index in [0.29, 0.717) is 30.6 Å². The van der Waals surface area contributed by atoms with E-state index in [1.54, 1.807) is 11.8 Å². The summed E-state index contributed by atoms with van der Waals surface area (Å²) in [7, 11) is 0. The van der Waals surface area contributed by atoms with E-state index in [1.165, 1.54) is 0 Å². The fourth-order valence-electron chi connectivity index (χ4n) is 4.21. The van der Waals surface area contributed by atoms with Crippen LogP contribution in [0, 0.1) is 0 Å². The molecule has 34 heavy (non-hydrogen) atoms. The lowest BCUT2D eigenvalue weighted by Crippen LogP contribution is -2.36. The van der Waals surface area contributed by atoms with Crippen LogP contribution in [0.3, 0.4) is 0 Å². The molecule has 8 heteroatoms. The van der Waals surface area contributed by atoms with Crippen molar-refractivity contribution in [2.75, 3.05) is 31.9 Å². The maximum absolute atomic E-state index is 13.0. The van der Waals surface area contributed by atoms with Crippen molar-refractivity contribution in [3.63, 3.8) is 0 Å². The highest BCUT2D eigenvalue weighted by Gasteiger charge is 2.21. The smallest absolute Gasteiger partial charge is 0.257 e. The summed E-state index contributed by atoms with van der Waals surface area (Å²) in [6.45, 7) is 3.74. The zero-order valence-corrected chi connectivity index (χ0v) is 20.3. The number of aromatic nitrogens is 2. The molecule has 1 saturated heterocycles. The number of benzene rings is 3. The number of hydrogen-bond donors (Lipinski definition) is 0. The fourth-order valence-corrected chi connectivity index (χ4v) is 5.56. The minimum atomic E-state index is 0.154. The van der Waals surface area contributed by atoms with Crippen LogP contribution in [0.15, 0.2) is 76.1 Å². The zero-order chi connectivity index (χ0) is 23.3. The highest BCUT2D eigenvalue weighted by molar-refractivity contribution is 8.00. The Bertz CT molecular complexity index is 1280. The van der Waals surface area contributed by atoms with Crippen LogP contribution in [-0.2, 0) is 11.3 Å². The average Bonchev–Trinajstić information content (AvgIpc) is 3.20. The van der Waals surface area contributed by atoms with Gasteiger partial charge < -0.3 is 9.42 Å². The highest BCUT2D eigenvalue weighted by Crippen LogP contribution is 2.33. The molecule has 2 heterocycles. The van der Waals surface area contributed by atoms with E-state index in [2.05, 4.69) is 15.0 Å². The van der Waals surface area contributed by atoms with Crippen LogP contribution in [0.5, 0.6) is 0 Å². The first kappa shape index (κ1) is 22.9. The Morgan fingerprint density at radius 3 is 2.65 bits per heavy atom. The first-order valence-corrected chi connectivity index (χ1v) is 12.7. The summed E-state index contributed by atoms with van der Waals surface area (Å²) in [5, 5.41) is 6.97. The maximum Gasteiger partial charge on any atom is 0.257 e. The van der Waals surface area contributed by atoms with Gasteiger partial charge in [-0.25, -0.2) is 0 Å². The molecule has 1 aliphatic rings. The van der Waals surface area contributed by atoms with Crippen molar-refractivity contribution < 1.29 is 9.32 Å². The summed E-state index contributed by atoms with van der Waals surface area (Å²) in [6.07, 6.45) is 0.917. The largest absolute Gasteiger partial charge is 0.341 e. The van der Waals surface area contributed by atoms with E-state index in [4.69, 9.17) is 16.1 Å². The maximum atomic E-state index is 13.0. The lowest BCUT2D eigenvalue weighted by Gasteiger charge is -2.21. The minimum Gasteiger partial charge on any atom is -0.341 e. The van der Waals surface area contributed by atoms with Gasteiger partial charge in [-0.2, -0.15) is 4.98 Å². The Labute approximate surface area is 207 Å². The molecule has 1 aromatic heterocycles. The number of hydrogen-bond acceptors (Lipinski definition) is 6. The standard InChI is InChI=1S/C26H25ClN4O2S/c27-21-11-4-9-19-10-5-12-22(25(19)21)34-18-24(32)31-14-6-13-30(15-16-31)17-23-28-26(33-29-23)20-7-2-1-3-8-20/h1-5,7-12H,6,13-18H2. The highest BCUT2D eigenvalue weighted by atomic mass is 35.5. The Morgan fingerprint density at radius 1 is 0.971 bits per heavy atom. The molecule has 5 rings (SSSR count). The second kappa shape index (κ2) is 10.6. The molecule has 0 aliphatic carbocycles. The van der Waals surface area contributed by atoms with Crippen LogP contribution in [0.4, 0.5) is 0 Å². The van der Waals surface area contributed by atoms with Gasteiger partial charge in [0.05, 0.1) is 12.3 Å². The summed E-state index contributed by atoms with van der Waals surface area (Å²) < 4.78 is 5.43. The Hall–Kier alpha value is -2.87. The molecular formula is C26H25ClN4O2S. The third-order valence-electron chi connectivity index (χ3n) is 5.96. The quantitative estimate of drug-likeness (QED) is 0.337. The number of nitrogens with zero attached hydrogens (tertiary/aromatic N) is 4. The van der Waals surface area contributed by atoms with Gasteiger partial charge in [-0.3, -0.25) is 9.69 Å². The summed E-state index contributed by atoms with van der Waals surface area (Å²) >= 11 is 7.99. The van der Waals surface area contributed by atoms with Crippen molar-refractivity contribution in [3.05, 3.63) is 77.6 Å². The number of fused-ring (bicyclic) bond motifs is 1. The normalized spacial score (nSPS) is 14.9. The topological polar surface area (TPSA) is 62.5 Å². The van der Waals surface area contributed by atoms with E-state index in [-0.39, 0.29) is 5.91 Å². The van der Waals surface area contributed by atoms with E-state index in [9.17, 15) is 4.79 Å². The van der Waals surface area contributed by atoms with Crippen molar-refractivity contribution in [1.82, 2.24) is 19.9 Å². The molecule has 174 valence electrons. The van der Waals surface area contributed by atoms with E-state index >= 15 is 0 Å². The molecule has 0 unspecified atom stereocenters. The van der Waals surface area contributed by atoms with Gasteiger partial charge in [-0.05, 0) is 36.1 Å². The van der Waals surface area contributed by atoms with Crippen LogP contribution in [0.2, 0.25) is 5.02 Å². The van der Waals surface area contributed by atoms with Crippen LogP contribution < -0.4 is 0 Å². The SMILES string of the molecule is O=C(CSc1cccc2cccc(Cl)c12)N1CCCN(Cc2noc(-c3ccccc3)n2)CC1. The number of thioether (sulfide) groups is 1. The fraction of sp³-hybridized carbons (Fsp3) is 0.269. The third kappa shape index (κ3) is 5.27. The second-order valence-electron chi connectivity index (χ2n) is 8.28. The predicted octanol–water partition coefficient (Wildman–Crippen LogP) is 5.37. The van der Waals surface area contributed by atoms with Gasteiger partial charge in [0, 0.05) is 47.0 Å². The molecule has 0 saturated carbocycles. The molecule has 1 fully saturated rings. The number of amides is 1. The van der Waals surface area contributed by atoms with Crippen molar-refractivity contribution in [1.29, 1.82) is 0 Å². The molecule has 3 aromatic carbocycles. The zero-order valence-electron chi connectivity index (χ0n) is 18.7. The predicted molar refractivity (Wildman–Crippen MR) is 136 cm³/mol. The number of halogens is 1. The van der Waals surface area contributed by atoms with Crippen molar-refractivity contribution in [2.45, 2.75) is 17.9 Å². The molecule has 6 nitrogen and oxygen atoms in total. The first-order valence-electron chi connectivity index (χ1n) is 11.4. The van der Waals surface area contributed by atoms with Gasteiger partial charge in [0.2, 0.25) is 5.91 Å². The Balaban J connectivity index is 1.16. The summed E-state index contributed by atoms with van der Waals surface area (Å²) in [5.74, 6) is 1.76. The van der Waals surface area contributed by atoms with Gasteiger partial charge in [0.15, 0.2) is 5.82 Å². The second-order valence-corrected chi connectivity index (χ2v) is 9.70. The van der Waals surface area contributed by atoms with Crippen molar-refractivity contribution in [2.24, 2.45) is 0 Å². The monoisotopic (exact) mass is 492 g/mol. The molecule has 0 N–H and O–H groups in total. The van der Waals surface area contributed by atoms with Gasteiger partial charge in [0.25, 0.3) is 5.89 Å². The molecule has 0 radical (unpaired) electrons. The van der Waals surface area contributed by atoms with Gasteiger partial charge in [-0.15, -0.1) is 11.8 Å². The van der Waals surface area contributed by atoms with Gasteiger partial charge in [-0.1, -0.05) is 59.2 Å². The summed E-state index contributed by atoms with van der Waals surface area (Å²) in [6, 6.07) is 21.7. The van der Waals surface area contributed by atoms with Crippen LogP contribution in [-0.4, -0.2) is 57.8 Å². The summed E-state index contributed by atoms with van der Waals surface area (Å²) in [4.78, 5) is 22.8. The van der Waals surface area contributed by atoms with Crippen LogP contribution in [0.1, 0.15) is 12.2 Å². The average molecular weight is 493 g/mol. The number of carbonyl (C=O) groups is 1. The van der Waals surface area contributed by atoms with Crippen molar-refractivity contribution in [3.8, 4) is 11.5 Å². The third-order valence-corrected chi connectivity index (χ3v) is 7.32. The lowest BCUT2D eigenvalue weighted by molar-refractivity contribution is -0.128. The molecular weight excluding hydrogens is 468 g/mol. The van der Waals surface area contributed by atoms with E-state index in [1.807, 2.05) is 71.6 Å². The van der Waals surface area contributed by atoms with Crippen molar-refractivity contribution >= 4 is 40.0 Å². The molecule has 4 aromatic rings. The number of carbonyl (C=O) groups excluding carboxylic acids is 1. The van der Waals surface area contributed by atoms with E-state index in [0.717, 1.165) is 52.3 Å². The molecule has 0 spiro atoms. The van der Waals surface area contributed by atoms with Gasteiger partial charge >= 0.3 is 0 Å². The molecule has 1 amide bonds. The first-order chi connectivity index (χ1) is 16.7. The molecule has 0 bridgehead atoms. The van der Waals surface area contributed by atoms with Crippen LogP contribution in [0.25, 0.3) is 22.2 Å².